The Kier molecular flexibility index (Phi) is 4.84. The van der Waals surface area contributed by atoms with E-state index in [2.05, 4.69) is 0 Å². The molecule has 2 aromatic carbocycles. The summed E-state index contributed by atoms with van der Waals surface area (Å²) in [5.41, 5.74) is -1.52. The van der Waals surface area contributed by atoms with Crippen LogP contribution < -0.4 is 4.52 Å². The highest BCUT2D eigenvalue weighted by Crippen LogP contribution is 2.61. The number of aryl methyl sites for hydroxylation is 2. The number of hydrogen-bond donors (Lipinski definition) is 3. The van der Waals surface area contributed by atoms with Gasteiger partial charge in [-0.05, 0) is 72.4 Å². The van der Waals surface area contributed by atoms with Crippen LogP contribution in [0.25, 0.3) is 0 Å². The van der Waals surface area contributed by atoms with Gasteiger partial charge in [-0.3, -0.25) is 0 Å². The quantitative estimate of drug-likeness (QED) is 0.727. The molecule has 0 spiro atoms. The highest BCUT2D eigenvalue weighted by atomic mass is 32.9. The number of phenols is 2. The Balaban J connectivity index is 2.20. The van der Waals surface area contributed by atoms with Gasteiger partial charge in [-0.15, -0.1) is 0 Å². The van der Waals surface area contributed by atoms with Crippen LogP contribution in [0.2, 0.25) is 0 Å². The van der Waals surface area contributed by atoms with Gasteiger partial charge in [-0.2, -0.15) is 0 Å². The van der Waals surface area contributed by atoms with Gasteiger partial charge in [0.25, 0.3) is 5.69 Å². The monoisotopic (exact) mass is 342 g/mol. The first kappa shape index (κ1) is 16.2. The van der Waals surface area contributed by atoms with Crippen molar-refractivity contribution in [2.24, 2.45) is 0 Å². The topological polar surface area (TPSA) is 69.9 Å². The summed E-state index contributed by atoms with van der Waals surface area (Å²) >= 11 is 5.96. The molecule has 0 aliphatic carbocycles. The fourth-order valence-electron chi connectivity index (χ4n) is 1.68. The number of phenolic OH excluding ortho intramolecular Hbond substituents is 2. The molecule has 3 N–H and O–H groups in total. The minimum atomic E-state index is -3.29. The Morgan fingerprint density at radius 1 is 1.00 bits per heavy atom. The van der Waals surface area contributed by atoms with E-state index < -0.39 is 5.69 Å². The number of benzene rings is 2. The maximum absolute atomic E-state index is 10.3. The zero-order valence-electron chi connectivity index (χ0n) is 11.5. The Morgan fingerprint density at radius 2 is 1.57 bits per heavy atom. The molecule has 112 valence electrons. The van der Waals surface area contributed by atoms with Crippen molar-refractivity contribution in [3.05, 3.63) is 47.5 Å². The van der Waals surface area contributed by atoms with Crippen LogP contribution in [0.3, 0.4) is 0 Å². The molecular weight excluding hydrogens is 327 g/mol. The van der Waals surface area contributed by atoms with Gasteiger partial charge in [0.15, 0.2) is 11.5 Å². The van der Waals surface area contributed by atoms with E-state index in [-0.39, 0.29) is 17.2 Å². The zero-order valence-corrected chi connectivity index (χ0v) is 14.0. The van der Waals surface area contributed by atoms with Gasteiger partial charge < -0.3 is 19.6 Å². The molecule has 0 amide bonds. The number of hydrogen-bond acceptors (Lipinski definition) is 5. The largest absolute Gasteiger partial charge is 0.507 e. The minimum Gasteiger partial charge on any atom is -0.507 e. The molecule has 0 radical (unpaired) electrons. The van der Waals surface area contributed by atoms with Gasteiger partial charge in [0.1, 0.15) is 5.75 Å². The van der Waals surface area contributed by atoms with Crippen molar-refractivity contribution in [1.29, 1.82) is 0 Å². The van der Waals surface area contributed by atoms with Gasteiger partial charge in [0.05, 0.1) is 4.90 Å². The van der Waals surface area contributed by atoms with E-state index in [1.165, 1.54) is 6.07 Å². The summed E-state index contributed by atoms with van der Waals surface area (Å²) in [4.78, 5) is 10.7. The Morgan fingerprint density at radius 3 is 2.14 bits per heavy atom. The molecule has 2 aromatic rings. The van der Waals surface area contributed by atoms with Crippen LogP contribution >= 0.6 is 17.1 Å². The summed E-state index contributed by atoms with van der Waals surface area (Å²) in [6.07, 6.45) is 0. The summed E-state index contributed by atoms with van der Waals surface area (Å²) < 4.78 is 5.36. The van der Waals surface area contributed by atoms with Crippen LogP contribution in [0, 0.1) is 13.8 Å². The van der Waals surface area contributed by atoms with Crippen LogP contribution in [-0.2, 0) is 11.8 Å². The average molecular weight is 342 g/mol. The fraction of sp³-hybridized carbons (Fsp3) is 0.143. The fourth-order valence-corrected chi connectivity index (χ4v) is 5.17. The summed E-state index contributed by atoms with van der Waals surface area (Å²) in [6, 6.07) is 9.89. The van der Waals surface area contributed by atoms with Gasteiger partial charge in [0.2, 0.25) is 0 Å². The molecule has 7 heteroatoms. The third-order valence-electron chi connectivity index (χ3n) is 2.66. The molecule has 0 aliphatic rings. The van der Waals surface area contributed by atoms with E-state index in [4.69, 9.17) is 16.3 Å². The summed E-state index contributed by atoms with van der Waals surface area (Å²) in [5.74, 6) is 0.0949. The van der Waals surface area contributed by atoms with Crippen LogP contribution in [-0.4, -0.2) is 15.1 Å². The zero-order chi connectivity index (χ0) is 15.6. The number of aromatic hydroxyl groups is 2. The second-order valence-electron chi connectivity index (χ2n) is 4.59. The molecule has 0 bridgehead atoms. The highest BCUT2D eigenvalue weighted by Gasteiger charge is 2.21. The predicted octanol–water partition coefficient (Wildman–Crippen LogP) is 4.10. The first-order valence-electron chi connectivity index (χ1n) is 6.08. The van der Waals surface area contributed by atoms with Crippen molar-refractivity contribution in [3.8, 4) is 17.2 Å². The molecule has 0 fully saturated rings. The molecule has 1 atom stereocenters. The Labute approximate surface area is 132 Å². The second-order valence-corrected chi connectivity index (χ2v) is 10.5. The lowest BCUT2D eigenvalue weighted by Gasteiger charge is -2.17. The molecular formula is C14H15O4PS2. The van der Waals surface area contributed by atoms with Crippen molar-refractivity contribution in [3.63, 3.8) is 0 Å². The van der Waals surface area contributed by atoms with Gasteiger partial charge in [0, 0.05) is 0 Å². The van der Waals surface area contributed by atoms with Gasteiger partial charge >= 0.3 is 0 Å². The molecule has 2 rings (SSSR count). The van der Waals surface area contributed by atoms with E-state index in [1.807, 2.05) is 13.8 Å². The summed E-state index contributed by atoms with van der Waals surface area (Å²) in [7, 11) is 0. The molecule has 0 saturated carbocycles. The minimum absolute atomic E-state index is 0.0417. The maximum atomic E-state index is 10.3. The molecule has 0 aliphatic heterocycles. The van der Waals surface area contributed by atoms with Gasteiger partial charge in [-0.1, -0.05) is 12.1 Å². The van der Waals surface area contributed by atoms with Crippen molar-refractivity contribution < 1.29 is 19.6 Å². The molecule has 0 saturated heterocycles. The van der Waals surface area contributed by atoms with Crippen molar-refractivity contribution >= 4 is 28.9 Å². The smallest absolute Gasteiger partial charge is 0.299 e. The maximum Gasteiger partial charge on any atom is 0.299 e. The van der Waals surface area contributed by atoms with Crippen LogP contribution in [0.5, 0.6) is 17.2 Å². The highest BCUT2D eigenvalue weighted by molar-refractivity contribution is 8.67. The Bertz CT molecular complexity index is 661. The van der Waals surface area contributed by atoms with E-state index in [0.29, 0.717) is 4.90 Å². The SMILES string of the molecule is Cc1ccc(OP(O)(=S)Sc2ccc(C)cc2O)c(O)c1. The molecule has 0 aromatic heterocycles. The standard InChI is InChI=1S/C14H15O4PS2/c1-9-3-5-13(11(15)7-9)18-19(17,20)21-14-6-4-10(2)8-12(14)16/h3-8,15-16H,1-2H3,(H,17,20). The first-order valence-corrected chi connectivity index (χ1v) is 10.2. The molecule has 0 heterocycles. The van der Waals surface area contributed by atoms with Crippen molar-refractivity contribution in [2.45, 2.75) is 18.7 Å². The average Bonchev–Trinajstić information content (AvgIpc) is 2.36. The third kappa shape index (κ3) is 4.38. The lowest BCUT2D eigenvalue weighted by Crippen LogP contribution is -1.89. The molecule has 1 unspecified atom stereocenters. The lowest BCUT2D eigenvalue weighted by molar-refractivity contribution is 0.431. The lowest BCUT2D eigenvalue weighted by atomic mass is 10.2. The molecule has 4 nitrogen and oxygen atoms in total. The first-order chi connectivity index (χ1) is 9.77. The number of rotatable bonds is 4. The van der Waals surface area contributed by atoms with Crippen molar-refractivity contribution in [2.75, 3.05) is 0 Å². The summed E-state index contributed by atoms with van der Waals surface area (Å²) in [5, 5.41) is 19.6. The van der Waals surface area contributed by atoms with Crippen molar-refractivity contribution in [1.82, 2.24) is 0 Å². The van der Waals surface area contributed by atoms with Crippen LogP contribution in [0.1, 0.15) is 11.1 Å². The van der Waals surface area contributed by atoms with E-state index >= 15 is 0 Å². The van der Waals surface area contributed by atoms with E-state index in [0.717, 1.165) is 22.5 Å². The van der Waals surface area contributed by atoms with E-state index in [1.54, 1.807) is 30.3 Å². The van der Waals surface area contributed by atoms with E-state index in [9.17, 15) is 15.1 Å². The second kappa shape index (κ2) is 6.28. The molecule has 21 heavy (non-hydrogen) atoms. The predicted molar refractivity (Wildman–Crippen MR) is 88.7 cm³/mol. The van der Waals surface area contributed by atoms with Crippen LogP contribution in [0.15, 0.2) is 41.3 Å². The normalized spacial score (nSPS) is 13.7. The third-order valence-corrected chi connectivity index (χ3v) is 6.26. The Hall–Kier alpha value is -1.20. The van der Waals surface area contributed by atoms with Crippen LogP contribution in [0.4, 0.5) is 0 Å². The summed E-state index contributed by atoms with van der Waals surface area (Å²) in [6.45, 7) is 3.68. The van der Waals surface area contributed by atoms with Gasteiger partial charge in [-0.25, -0.2) is 0 Å².